The molecule has 0 bridgehead atoms. The summed E-state index contributed by atoms with van der Waals surface area (Å²) in [4.78, 5) is 24.5. The highest BCUT2D eigenvalue weighted by molar-refractivity contribution is 7.87. The number of Topliss-reactive ketones (excluding diaryl/α,β-unsaturated/α-hetero) is 2. The number of benzene rings is 2. The van der Waals surface area contributed by atoms with E-state index in [-0.39, 0.29) is 16.5 Å². The molecule has 0 unspecified atom stereocenters. The first-order valence-electron chi connectivity index (χ1n) is 6.23. The highest BCUT2D eigenvalue weighted by atomic mass is 32.2. The summed E-state index contributed by atoms with van der Waals surface area (Å²) in [6, 6.07) is 8.80. The Hall–Kier alpha value is -2.26. The van der Waals surface area contributed by atoms with Crippen LogP contribution in [0.1, 0.15) is 20.7 Å². The zero-order chi connectivity index (χ0) is 17.0. The Kier molecular flexibility index (Phi) is 3.31. The van der Waals surface area contributed by atoms with E-state index in [1.807, 2.05) is 0 Å². The lowest BCUT2D eigenvalue weighted by atomic mass is 9.85. The maximum Gasteiger partial charge on any atom is 0.523 e. The third-order valence-electron chi connectivity index (χ3n) is 3.42. The van der Waals surface area contributed by atoms with Crippen molar-refractivity contribution in [1.29, 1.82) is 0 Å². The fraction of sp³-hybridized carbons (Fsp3) is 0.143. The number of rotatable bonds is 2. The SMILES string of the molecule is O=C1c2cccc3cccc(c23)C(=O)C1OS(=O)(=O)C(F)(F)F. The van der Waals surface area contributed by atoms with E-state index < -0.39 is 33.3 Å². The molecule has 0 amide bonds. The Balaban J connectivity index is 2.15. The Bertz CT molecular complexity index is 896. The number of halogens is 3. The van der Waals surface area contributed by atoms with Gasteiger partial charge in [-0.05, 0) is 5.39 Å². The van der Waals surface area contributed by atoms with Crippen LogP contribution in [0.4, 0.5) is 13.2 Å². The van der Waals surface area contributed by atoms with Gasteiger partial charge in [-0.2, -0.15) is 21.6 Å². The van der Waals surface area contributed by atoms with Gasteiger partial charge in [0.25, 0.3) is 0 Å². The van der Waals surface area contributed by atoms with Crippen LogP contribution in [-0.2, 0) is 14.3 Å². The van der Waals surface area contributed by atoms with E-state index in [1.165, 1.54) is 24.3 Å². The first-order chi connectivity index (χ1) is 10.6. The summed E-state index contributed by atoms with van der Waals surface area (Å²) in [5.41, 5.74) is -5.84. The Morgan fingerprint density at radius 2 is 1.39 bits per heavy atom. The van der Waals surface area contributed by atoms with Crippen molar-refractivity contribution >= 4 is 32.5 Å². The summed E-state index contributed by atoms with van der Waals surface area (Å²) in [6.07, 6.45) is -2.37. The largest absolute Gasteiger partial charge is 0.523 e. The van der Waals surface area contributed by atoms with Gasteiger partial charge in [-0.15, -0.1) is 0 Å². The van der Waals surface area contributed by atoms with E-state index in [2.05, 4.69) is 4.18 Å². The minimum atomic E-state index is -6.08. The van der Waals surface area contributed by atoms with Crippen LogP contribution >= 0.6 is 0 Å². The molecule has 2 aromatic rings. The molecule has 0 aliphatic heterocycles. The van der Waals surface area contributed by atoms with Gasteiger partial charge >= 0.3 is 15.6 Å². The van der Waals surface area contributed by atoms with Crippen molar-refractivity contribution in [2.45, 2.75) is 11.6 Å². The van der Waals surface area contributed by atoms with E-state index in [9.17, 15) is 31.2 Å². The van der Waals surface area contributed by atoms with Crippen LogP contribution in [0.2, 0.25) is 0 Å². The first-order valence-corrected chi connectivity index (χ1v) is 7.64. The van der Waals surface area contributed by atoms with E-state index in [1.54, 1.807) is 12.1 Å². The van der Waals surface area contributed by atoms with Gasteiger partial charge < -0.3 is 0 Å². The summed E-state index contributed by atoms with van der Waals surface area (Å²) in [6.45, 7) is 0. The molecule has 0 fully saturated rings. The third-order valence-corrected chi connectivity index (χ3v) is 4.43. The number of hydrogen-bond acceptors (Lipinski definition) is 5. The van der Waals surface area contributed by atoms with Crippen LogP contribution < -0.4 is 0 Å². The lowest BCUT2D eigenvalue weighted by Crippen LogP contribution is -2.41. The minimum Gasteiger partial charge on any atom is -0.291 e. The van der Waals surface area contributed by atoms with Crippen LogP contribution in [-0.4, -0.2) is 31.6 Å². The van der Waals surface area contributed by atoms with Crippen molar-refractivity contribution in [3.63, 3.8) is 0 Å². The van der Waals surface area contributed by atoms with Gasteiger partial charge in [-0.25, -0.2) is 4.18 Å². The topological polar surface area (TPSA) is 77.5 Å². The lowest BCUT2D eigenvalue weighted by molar-refractivity contribution is -0.0553. The zero-order valence-electron chi connectivity index (χ0n) is 11.1. The molecule has 5 nitrogen and oxygen atoms in total. The van der Waals surface area contributed by atoms with E-state index in [0.29, 0.717) is 5.39 Å². The van der Waals surface area contributed by atoms with E-state index >= 15 is 0 Å². The Labute approximate surface area is 127 Å². The number of ketones is 2. The number of carbonyl (C=O) groups excluding carboxylic acids is 2. The van der Waals surface area contributed by atoms with Crippen molar-refractivity contribution in [3.8, 4) is 0 Å². The maximum absolute atomic E-state index is 12.4. The smallest absolute Gasteiger partial charge is 0.291 e. The molecule has 1 aliphatic carbocycles. The molecule has 120 valence electrons. The predicted molar refractivity (Wildman–Crippen MR) is 72.5 cm³/mol. The molecule has 0 saturated heterocycles. The first kappa shape index (κ1) is 15.6. The lowest BCUT2D eigenvalue weighted by Gasteiger charge is -2.22. The molecule has 9 heteroatoms. The standard InChI is InChI=1S/C14H7F3O5S/c15-14(16,17)23(20,21)22-13-11(18)8-5-1-3-7-4-2-6-9(10(7)8)12(13)19/h1-6,13H. The number of hydrogen-bond donors (Lipinski definition) is 0. The van der Waals surface area contributed by atoms with Crippen LogP contribution in [0.15, 0.2) is 36.4 Å². The third kappa shape index (κ3) is 2.32. The molecule has 3 rings (SSSR count). The van der Waals surface area contributed by atoms with Gasteiger partial charge in [0.1, 0.15) is 0 Å². The normalized spacial score (nSPS) is 16.1. The second kappa shape index (κ2) is 4.87. The highest BCUT2D eigenvalue weighted by Crippen LogP contribution is 2.33. The predicted octanol–water partition coefficient (Wildman–Crippen LogP) is 2.45. The summed E-state index contributed by atoms with van der Waals surface area (Å²) < 4.78 is 63.4. The van der Waals surface area contributed by atoms with Crippen molar-refractivity contribution in [2.75, 3.05) is 0 Å². The van der Waals surface area contributed by atoms with Gasteiger partial charge in [0, 0.05) is 16.5 Å². The zero-order valence-corrected chi connectivity index (χ0v) is 11.9. The fourth-order valence-corrected chi connectivity index (χ4v) is 2.96. The Morgan fingerprint density at radius 1 is 0.913 bits per heavy atom. The second-order valence-corrected chi connectivity index (χ2v) is 6.38. The van der Waals surface area contributed by atoms with Crippen LogP contribution in [0.3, 0.4) is 0 Å². The molecule has 0 saturated carbocycles. The molecule has 1 aliphatic rings. The Morgan fingerprint density at radius 3 is 1.83 bits per heavy atom. The minimum absolute atomic E-state index is 0.0555. The summed E-state index contributed by atoms with van der Waals surface area (Å²) >= 11 is 0. The fourth-order valence-electron chi connectivity index (χ4n) is 2.42. The highest BCUT2D eigenvalue weighted by Gasteiger charge is 2.51. The molecule has 0 N–H and O–H groups in total. The maximum atomic E-state index is 12.4. The van der Waals surface area contributed by atoms with Crippen molar-refractivity contribution < 1.29 is 35.4 Å². The summed E-state index contributed by atoms with van der Waals surface area (Å²) in [5.74, 6) is -2.24. The van der Waals surface area contributed by atoms with Gasteiger partial charge in [0.05, 0.1) is 0 Å². The van der Waals surface area contributed by atoms with Crippen molar-refractivity contribution in [1.82, 2.24) is 0 Å². The quantitative estimate of drug-likeness (QED) is 0.475. The van der Waals surface area contributed by atoms with Crippen LogP contribution in [0, 0.1) is 0 Å². The molecule has 0 spiro atoms. The van der Waals surface area contributed by atoms with E-state index in [0.717, 1.165) is 0 Å². The van der Waals surface area contributed by atoms with Crippen molar-refractivity contribution in [2.24, 2.45) is 0 Å². The molecule has 0 heterocycles. The van der Waals surface area contributed by atoms with Gasteiger partial charge in [0.15, 0.2) is 0 Å². The van der Waals surface area contributed by atoms with Gasteiger partial charge in [-0.3, -0.25) is 9.59 Å². The molecule has 0 atom stereocenters. The number of carbonyl (C=O) groups is 2. The monoisotopic (exact) mass is 344 g/mol. The molecule has 2 aromatic carbocycles. The average molecular weight is 344 g/mol. The van der Waals surface area contributed by atoms with Crippen LogP contribution in [0.25, 0.3) is 10.8 Å². The molecular formula is C14H7F3O5S. The van der Waals surface area contributed by atoms with E-state index in [4.69, 9.17) is 0 Å². The van der Waals surface area contributed by atoms with Crippen molar-refractivity contribution in [3.05, 3.63) is 47.5 Å². The number of alkyl halides is 3. The van der Waals surface area contributed by atoms with Crippen LogP contribution in [0.5, 0.6) is 0 Å². The molecular weight excluding hydrogens is 337 g/mol. The summed E-state index contributed by atoms with van der Waals surface area (Å²) in [5, 5.41) is 0.813. The van der Waals surface area contributed by atoms with Gasteiger partial charge in [0.2, 0.25) is 17.7 Å². The van der Waals surface area contributed by atoms with Gasteiger partial charge in [-0.1, -0.05) is 36.4 Å². The average Bonchev–Trinajstić information content (AvgIpc) is 2.48. The molecule has 0 radical (unpaired) electrons. The second-order valence-electron chi connectivity index (χ2n) is 4.81. The molecule has 23 heavy (non-hydrogen) atoms. The molecule has 0 aromatic heterocycles. The summed E-state index contributed by atoms with van der Waals surface area (Å²) in [7, 11) is -6.08.